The number of benzene rings is 1. The molecule has 1 fully saturated rings. The number of rotatable bonds is 7. The zero-order valence-electron chi connectivity index (χ0n) is 14.2. The van der Waals surface area contributed by atoms with Crippen LogP contribution in [0.3, 0.4) is 0 Å². The van der Waals surface area contributed by atoms with Gasteiger partial charge in [0.15, 0.2) is 18.1 Å². The van der Waals surface area contributed by atoms with Crippen molar-refractivity contribution in [3.05, 3.63) is 27.1 Å². The van der Waals surface area contributed by atoms with Crippen LogP contribution in [0.4, 0.5) is 4.79 Å². The third-order valence-corrected chi connectivity index (χ3v) is 4.90. The minimum absolute atomic E-state index is 0.0761. The predicted octanol–water partition coefficient (Wildman–Crippen LogP) is 2.13. The molecule has 1 aliphatic rings. The first-order valence-electron chi connectivity index (χ1n) is 7.31. The van der Waals surface area contributed by atoms with Gasteiger partial charge in [-0.3, -0.25) is 19.3 Å². The first-order valence-corrected chi connectivity index (χ1v) is 8.92. The number of hydrogen-bond acceptors (Lipinski definition) is 8. The molecule has 0 saturated carbocycles. The zero-order valence-corrected chi connectivity index (χ0v) is 16.6. The molecule has 0 aliphatic carbocycles. The molecule has 1 aromatic carbocycles. The molecule has 0 atom stereocenters. The van der Waals surface area contributed by atoms with Crippen molar-refractivity contribution in [2.24, 2.45) is 0 Å². The summed E-state index contributed by atoms with van der Waals surface area (Å²) in [5.74, 6) is -1.98. The number of esters is 1. The second kappa shape index (κ2) is 8.91. The van der Waals surface area contributed by atoms with Gasteiger partial charge in [-0.15, -0.1) is 0 Å². The van der Waals surface area contributed by atoms with Crippen molar-refractivity contribution in [3.63, 3.8) is 0 Å². The maximum Gasteiger partial charge on any atom is 0.343 e. The van der Waals surface area contributed by atoms with Crippen LogP contribution in [0, 0.1) is 0 Å². The Kier molecular flexibility index (Phi) is 6.86. The number of hydrogen-bond donors (Lipinski definition) is 1. The van der Waals surface area contributed by atoms with Crippen LogP contribution in [0.25, 0.3) is 6.08 Å². The van der Waals surface area contributed by atoms with Gasteiger partial charge in [0.05, 0.1) is 19.1 Å². The van der Waals surface area contributed by atoms with Crippen molar-refractivity contribution in [3.8, 4) is 11.5 Å². The summed E-state index contributed by atoms with van der Waals surface area (Å²) in [7, 11) is 2.64. The number of ether oxygens (including phenoxy) is 3. The Hall–Kier alpha value is -2.53. The van der Waals surface area contributed by atoms with Crippen molar-refractivity contribution in [1.82, 2.24) is 4.90 Å². The van der Waals surface area contributed by atoms with Gasteiger partial charge >= 0.3 is 11.9 Å². The minimum atomic E-state index is -1.28. The molecule has 1 heterocycles. The molecule has 1 saturated heterocycles. The summed E-state index contributed by atoms with van der Waals surface area (Å²) in [6, 6.07) is 3.08. The molecule has 0 radical (unpaired) electrons. The van der Waals surface area contributed by atoms with Gasteiger partial charge in [-0.2, -0.15) is 0 Å². The molecule has 1 N–H and O–H groups in total. The van der Waals surface area contributed by atoms with E-state index in [0.29, 0.717) is 26.7 Å². The number of aliphatic carboxylic acids is 1. The van der Waals surface area contributed by atoms with Gasteiger partial charge in [0.1, 0.15) is 6.54 Å². The van der Waals surface area contributed by atoms with E-state index in [4.69, 9.17) is 14.6 Å². The van der Waals surface area contributed by atoms with Gasteiger partial charge in [-0.25, -0.2) is 4.79 Å². The van der Waals surface area contributed by atoms with Gasteiger partial charge in [-0.05, 0) is 35.5 Å². The lowest BCUT2D eigenvalue weighted by atomic mass is 10.2. The van der Waals surface area contributed by atoms with E-state index in [-0.39, 0.29) is 23.0 Å². The summed E-state index contributed by atoms with van der Waals surface area (Å²) in [5.41, 5.74) is 0.498. The molecule has 0 unspecified atom stereocenters. The van der Waals surface area contributed by atoms with Crippen LogP contribution < -0.4 is 9.47 Å². The average Bonchev–Trinajstić information content (AvgIpc) is 2.88. The number of carbonyl (C=O) groups is 4. The molecule has 1 aromatic rings. The monoisotopic (exact) mass is 459 g/mol. The maximum absolute atomic E-state index is 12.2. The van der Waals surface area contributed by atoms with E-state index in [0.717, 1.165) is 0 Å². The Balaban J connectivity index is 2.30. The topological polar surface area (TPSA) is 119 Å². The van der Waals surface area contributed by atoms with E-state index in [1.807, 2.05) is 0 Å². The van der Waals surface area contributed by atoms with Crippen LogP contribution in [-0.4, -0.2) is 60.5 Å². The lowest BCUT2D eigenvalue weighted by Crippen LogP contribution is -2.33. The van der Waals surface area contributed by atoms with E-state index in [9.17, 15) is 19.2 Å². The third kappa shape index (κ3) is 5.01. The van der Waals surface area contributed by atoms with Gasteiger partial charge in [0.2, 0.25) is 0 Å². The highest BCUT2D eigenvalue weighted by Crippen LogP contribution is 2.38. The quantitative estimate of drug-likeness (QED) is 0.482. The first-order chi connectivity index (χ1) is 12.8. The Morgan fingerprint density at radius 3 is 2.56 bits per heavy atom. The number of carboxylic acids is 1. The summed E-state index contributed by atoms with van der Waals surface area (Å²) < 4.78 is 15.6. The van der Waals surface area contributed by atoms with Crippen LogP contribution in [0.5, 0.6) is 11.5 Å². The fourth-order valence-electron chi connectivity index (χ4n) is 2.04. The Bertz CT molecular complexity index is 838. The number of methoxy groups -OCH3 is 2. The van der Waals surface area contributed by atoms with E-state index < -0.39 is 29.6 Å². The third-order valence-electron chi connectivity index (χ3n) is 3.31. The van der Waals surface area contributed by atoms with Crippen LogP contribution >= 0.6 is 27.7 Å². The number of amides is 2. The van der Waals surface area contributed by atoms with Crippen molar-refractivity contribution in [2.75, 3.05) is 27.4 Å². The number of carboxylic acid groups (broad SMARTS) is 1. The van der Waals surface area contributed by atoms with Gasteiger partial charge < -0.3 is 19.3 Å². The molecular weight excluding hydrogens is 446 g/mol. The SMILES string of the molecule is COC(=O)COc1cc(Br)c(/C=C2/SC(=O)N(CC(=O)O)C2=O)cc1OC. The molecule has 0 aromatic heterocycles. The van der Waals surface area contributed by atoms with Crippen LogP contribution in [-0.2, 0) is 19.1 Å². The molecule has 2 amide bonds. The van der Waals surface area contributed by atoms with Crippen LogP contribution in [0.2, 0.25) is 0 Å². The largest absolute Gasteiger partial charge is 0.493 e. The summed E-state index contributed by atoms with van der Waals surface area (Å²) in [5, 5.41) is 8.13. The average molecular weight is 460 g/mol. The Labute approximate surface area is 166 Å². The molecule has 144 valence electrons. The molecule has 0 bridgehead atoms. The maximum atomic E-state index is 12.2. The van der Waals surface area contributed by atoms with E-state index in [1.165, 1.54) is 26.4 Å². The molecule has 1 aliphatic heterocycles. The summed E-state index contributed by atoms with van der Waals surface area (Å²) in [6.45, 7) is -1.01. The van der Waals surface area contributed by atoms with Gasteiger partial charge in [0, 0.05) is 4.47 Å². The number of nitrogens with zero attached hydrogens (tertiary/aromatic N) is 1. The second-order valence-electron chi connectivity index (χ2n) is 5.05. The van der Waals surface area contributed by atoms with Crippen molar-refractivity contribution in [2.45, 2.75) is 0 Å². The smallest absolute Gasteiger partial charge is 0.343 e. The highest BCUT2D eigenvalue weighted by atomic mass is 79.9. The van der Waals surface area contributed by atoms with E-state index in [1.54, 1.807) is 6.07 Å². The van der Waals surface area contributed by atoms with Crippen molar-refractivity contribution in [1.29, 1.82) is 0 Å². The lowest BCUT2D eigenvalue weighted by Gasteiger charge is -2.12. The highest BCUT2D eigenvalue weighted by Gasteiger charge is 2.36. The standard InChI is InChI=1S/C16H14BrNO8S/c1-24-10-3-8(9(17)5-11(10)26-7-14(21)25-2)4-12-15(22)18(6-13(19)20)16(23)27-12/h3-5H,6-7H2,1-2H3,(H,19,20)/b12-4+. The van der Waals surface area contributed by atoms with Crippen molar-refractivity contribution < 1.29 is 38.5 Å². The highest BCUT2D eigenvalue weighted by molar-refractivity contribution is 9.10. The van der Waals surface area contributed by atoms with Crippen LogP contribution in [0.15, 0.2) is 21.5 Å². The number of carbonyl (C=O) groups excluding carboxylic acids is 3. The van der Waals surface area contributed by atoms with Crippen LogP contribution in [0.1, 0.15) is 5.56 Å². The number of halogens is 1. The molecule has 11 heteroatoms. The lowest BCUT2D eigenvalue weighted by molar-refractivity contribution is -0.143. The fraction of sp³-hybridized carbons (Fsp3) is 0.250. The van der Waals surface area contributed by atoms with Gasteiger partial charge in [0.25, 0.3) is 11.1 Å². The van der Waals surface area contributed by atoms with E-state index >= 15 is 0 Å². The number of thioether (sulfide) groups is 1. The Morgan fingerprint density at radius 2 is 1.96 bits per heavy atom. The molecule has 9 nitrogen and oxygen atoms in total. The zero-order chi connectivity index (χ0) is 20.1. The summed E-state index contributed by atoms with van der Waals surface area (Å²) in [6.07, 6.45) is 1.43. The van der Waals surface area contributed by atoms with Crippen molar-refractivity contribution >= 4 is 56.9 Å². The molecule has 2 rings (SSSR count). The normalized spacial score (nSPS) is 15.2. The minimum Gasteiger partial charge on any atom is -0.493 e. The number of imide groups is 1. The van der Waals surface area contributed by atoms with Gasteiger partial charge in [-0.1, -0.05) is 15.9 Å². The fourth-order valence-corrected chi connectivity index (χ4v) is 3.31. The second-order valence-corrected chi connectivity index (χ2v) is 6.90. The molecule has 27 heavy (non-hydrogen) atoms. The Morgan fingerprint density at radius 1 is 1.26 bits per heavy atom. The molecular formula is C16H14BrNO8S. The molecule has 0 spiro atoms. The summed E-state index contributed by atoms with van der Waals surface area (Å²) >= 11 is 3.97. The van der Waals surface area contributed by atoms with E-state index in [2.05, 4.69) is 20.7 Å². The first kappa shape index (κ1) is 20.8. The summed E-state index contributed by atoms with van der Waals surface area (Å²) in [4.78, 5) is 46.8. The predicted molar refractivity (Wildman–Crippen MR) is 98.5 cm³/mol.